The lowest BCUT2D eigenvalue weighted by molar-refractivity contribution is -0.140. The molecule has 1 amide bonds. The Labute approximate surface area is 235 Å². The summed E-state index contributed by atoms with van der Waals surface area (Å²) < 4.78 is 22.8. The van der Waals surface area contributed by atoms with Gasteiger partial charge in [-0.25, -0.2) is 0 Å². The van der Waals surface area contributed by atoms with Crippen LogP contribution in [0.2, 0.25) is 0 Å². The molecular weight excluding hydrogens is 510 g/mol. The van der Waals surface area contributed by atoms with Gasteiger partial charge in [-0.2, -0.15) is 0 Å². The number of Topliss-reactive ketones (excluding diaryl/α,β-unsaturated/α-hetero) is 1. The predicted octanol–water partition coefficient (Wildman–Crippen LogP) is 6.51. The van der Waals surface area contributed by atoms with Crippen LogP contribution in [0.4, 0.5) is 0 Å². The van der Waals surface area contributed by atoms with Gasteiger partial charge in [0.05, 0.1) is 44.7 Å². The summed E-state index contributed by atoms with van der Waals surface area (Å²) in [6.07, 6.45) is 4.28. The summed E-state index contributed by atoms with van der Waals surface area (Å²) >= 11 is 0. The summed E-state index contributed by atoms with van der Waals surface area (Å²) in [5.74, 6) is 0.826. The second-order valence-electron chi connectivity index (χ2n) is 10.2. The first-order valence-corrected chi connectivity index (χ1v) is 13.7. The van der Waals surface area contributed by atoms with E-state index in [9.17, 15) is 14.7 Å². The lowest BCUT2D eigenvalue weighted by atomic mass is 9.95. The van der Waals surface area contributed by atoms with Gasteiger partial charge < -0.3 is 28.6 Å². The van der Waals surface area contributed by atoms with Crippen molar-refractivity contribution < 1.29 is 33.3 Å². The zero-order valence-electron chi connectivity index (χ0n) is 23.5. The van der Waals surface area contributed by atoms with Crippen molar-refractivity contribution in [3.8, 4) is 17.2 Å². The van der Waals surface area contributed by atoms with Crippen LogP contribution in [0.15, 0.2) is 70.9 Å². The van der Waals surface area contributed by atoms with Gasteiger partial charge in [-0.05, 0) is 60.7 Å². The van der Waals surface area contributed by atoms with E-state index in [1.165, 1.54) is 18.3 Å². The van der Waals surface area contributed by atoms with Crippen molar-refractivity contribution in [3.63, 3.8) is 0 Å². The zero-order valence-corrected chi connectivity index (χ0v) is 23.5. The third-order valence-electron chi connectivity index (χ3n) is 6.78. The van der Waals surface area contributed by atoms with E-state index in [0.29, 0.717) is 53.3 Å². The maximum absolute atomic E-state index is 13.4. The highest BCUT2D eigenvalue weighted by atomic mass is 16.5. The third-order valence-corrected chi connectivity index (χ3v) is 6.78. The molecule has 3 aromatic rings. The number of hydrogen-bond donors (Lipinski definition) is 1. The van der Waals surface area contributed by atoms with E-state index >= 15 is 0 Å². The molecule has 1 fully saturated rings. The van der Waals surface area contributed by atoms with Crippen LogP contribution in [0.3, 0.4) is 0 Å². The van der Waals surface area contributed by atoms with Gasteiger partial charge >= 0.3 is 0 Å². The lowest BCUT2D eigenvalue weighted by Crippen LogP contribution is -2.29. The molecule has 212 valence electrons. The number of furan rings is 1. The number of likely N-dealkylation sites (tertiary alicyclic amines) is 1. The van der Waals surface area contributed by atoms with Crippen LogP contribution in [0.1, 0.15) is 63.0 Å². The lowest BCUT2D eigenvalue weighted by Gasteiger charge is -2.25. The fourth-order valence-corrected chi connectivity index (χ4v) is 4.56. The molecule has 0 radical (unpaired) electrons. The number of carbonyl (C=O) groups excluding carboxylic acids is 2. The monoisotopic (exact) mass is 547 g/mol. The highest BCUT2D eigenvalue weighted by Crippen LogP contribution is 2.43. The largest absolute Gasteiger partial charge is 0.507 e. The van der Waals surface area contributed by atoms with E-state index in [0.717, 1.165) is 19.3 Å². The number of aliphatic hydroxyl groups is 1. The van der Waals surface area contributed by atoms with Crippen molar-refractivity contribution in [2.24, 2.45) is 5.92 Å². The van der Waals surface area contributed by atoms with Gasteiger partial charge in [0.2, 0.25) is 0 Å². The standard InChI is InChI=1S/C32H37NO7/c1-5-6-15-38-24-10-7-9-23(18-24)30(34)28-29(33(32(36)31(28)35)20-25-11-8-16-39-25)22-12-13-26(27(19-22)37-4)40-17-14-21(2)3/h7-13,16,18-19,21,29,34H,5-6,14-15,17,20H2,1-4H3/b30-28+. The molecule has 0 bridgehead atoms. The molecule has 4 rings (SSSR count). The molecule has 1 aliphatic heterocycles. The van der Waals surface area contributed by atoms with Crippen molar-refractivity contribution in [1.29, 1.82) is 0 Å². The van der Waals surface area contributed by atoms with Crippen molar-refractivity contribution in [1.82, 2.24) is 4.90 Å². The maximum Gasteiger partial charge on any atom is 0.296 e. The van der Waals surface area contributed by atoms with Gasteiger partial charge in [-0.1, -0.05) is 45.4 Å². The van der Waals surface area contributed by atoms with E-state index in [-0.39, 0.29) is 17.9 Å². The van der Waals surface area contributed by atoms with Crippen molar-refractivity contribution in [2.45, 2.75) is 52.6 Å². The van der Waals surface area contributed by atoms with Crippen LogP contribution in [-0.4, -0.2) is 42.0 Å². The number of unbranched alkanes of at least 4 members (excludes halogenated alkanes) is 1. The summed E-state index contributed by atoms with van der Waals surface area (Å²) in [5, 5.41) is 11.5. The quantitative estimate of drug-likeness (QED) is 0.113. The first-order valence-electron chi connectivity index (χ1n) is 13.7. The van der Waals surface area contributed by atoms with E-state index in [4.69, 9.17) is 18.6 Å². The molecule has 0 saturated carbocycles. The molecule has 1 unspecified atom stereocenters. The Balaban J connectivity index is 1.77. The fourth-order valence-electron chi connectivity index (χ4n) is 4.56. The van der Waals surface area contributed by atoms with Crippen LogP contribution in [0, 0.1) is 5.92 Å². The van der Waals surface area contributed by atoms with Crippen molar-refractivity contribution in [3.05, 3.63) is 83.3 Å². The molecular formula is C32H37NO7. The Morgan fingerprint density at radius 1 is 1.02 bits per heavy atom. The number of aliphatic hydroxyl groups excluding tert-OH is 1. The Bertz CT molecular complexity index is 1340. The van der Waals surface area contributed by atoms with Crippen LogP contribution in [0.5, 0.6) is 17.2 Å². The number of hydrogen-bond acceptors (Lipinski definition) is 7. The van der Waals surface area contributed by atoms with Crippen LogP contribution < -0.4 is 14.2 Å². The predicted molar refractivity (Wildman–Crippen MR) is 151 cm³/mol. The van der Waals surface area contributed by atoms with E-state index in [1.54, 1.807) is 54.6 Å². The Kier molecular flexibility index (Phi) is 9.53. The molecule has 40 heavy (non-hydrogen) atoms. The first kappa shape index (κ1) is 28.8. The SMILES string of the molecule is CCCCOc1cccc(/C(O)=C2\C(=O)C(=O)N(Cc3ccco3)C2c2ccc(OCCC(C)C)c(OC)c2)c1. The molecule has 0 spiro atoms. The summed E-state index contributed by atoms with van der Waals surface area (Å²) in [6, 6.07) is 14.8. The topological polar surface area (TPSA) is 98.4 Å². The second-order valence-corrected chi connectivity index (χ2v) is 10.2. The molecule has 8 nitrogen and oxygen atoms in total. The average Bonchev–Trinajstić information content (AvgIpc) is 3.55. The van der Waals surface area contributed by atoms with E-state index < -0.39 is 17.7 Å². The minimum absolute atomic E-state index is 0.0159. The molecule has 1 atom stereocenters. The Morgan fingerprint density at radius 3 is 2.55 bits per heavy atom. The van der Waals surface area contributed by atoms with Gasteiger partial charge in [-0.3, -0.25) is 9.59 Å². The number of nitrogens with zero attached hydrogens (tertiary/aromatic N) is 1. The Hall–Kier alpha value is -4.20. The number of amides is 1. The number of ketones is 1. The van der Waals surface area contributed by atoms with Crippen LogP contribution in [0.25, 0.3) is 5.76 Å². The molecule has 1 N–H and O–H groups in total. The highest BCUT2D eigenvalue weighted by molar-refractivity contribution is 6.46. The zero-order chi connectivity index (χ0) is 28.6. The maximum atomic E-state index is 13.4. The first-order chi connectivity index (χ1) is 19.3. The fraction of sp³-hybridized carbons (Fsp3) is 0.375. The second kappa shape index (κ2) is 13.2. The van der Waals surface area contributed by atoms with Gasteiger partial charge in [0.25, 0.3) is 11.7 Å². The van der Waals surface area contributed by atoms with Crippen LogP contribution >= 0.6 is 0 Å². The van der Waals surface area contributed by atoms with Gasteiger partial charge in [0.1, 0.15) is 17.3 Å². The molecule has 1 aliphatic rings. The molecule has 2 heterocycles. The number of benzene rings is 2. The Morgan fingerprint density at radius 2 is 1.85 bits per heavy atom. The summed E-state index contributed by atoms with van der Waals surface area (Å²) in [4.78, 5) is 28.2. The van der Waals surface area contributed by atoms with E-state index in [1.807, 2.05) is 0 Å². The minimum Gasteiger partial charge on any atom is -0.507 e. The van der Waals surface area contributed by atoms with Crippen molar-refractivity contribution >= 4 is 17.4 Å². The summed E-state index contributed by atoms with van der Waals surface area (Å²) in [6.45, 7) is 7.44. The van der Waals surface area contributed by atoms with E-state index in [2.05, 4.69) is 20.8 Å². The number of rotatable bonds is 13. The van der Waals surface area contributed by atoms with Gasteiger partial charge in [0.15, 0.2) is 11.5 Å². The molecule has 0 aliphatic carbocycles. The normalized spacial score (nSPS) is 16.5. The molecule has 1 aromatic heterocycles. The molecule has 1 saturated heterocycles. The number of methoxy groups -OCH3 is 1. The highest BCUT2D eigenvalue weighted by Gasteiger charge is 2.46. The molecule has 2 aromatic carbocycles. The van der Waals surface area contributed by atoms with Gasteiger partial charge in [-0.15, -0.1) is 0 Å². The summed E-state index contributed by atoms with van der Waals surface area (Å²) in [7, 11) is 1.54. The third kappa shape index (κ3) is 6.50. The number of ether oxygens (including phenoxy) is 3. The average molecular weight is 548 g/mol. The molecule has 8 heteroatoms. The number of carbonyl (C=O) groups is 2. The van der Waals surface area contributed by atoms with Crippen molar-refractivity contribution in [2.75, 3.05) is 20.3 Å². The smallest absolute Gasteiger partial charge is 0.296 e. The minimum atomic E-state index is -0.881. The van der Waals surface area contributed by atoms with Gasteiger partial charge in [0, 0.05) is 5.56 Å². The summed E-state index contributed by atoms with van der Waals surface area (Å²) in [5.41, 5.74) is 0.962. The van der Waals surface area contributed by atoms with Crippen LogP contribution in [-0.2, 0) is 16.1 Å².